The summed E-state index contributed by atoms with van der Waals surface area (Å²) in [7, 11) is 0. The van der Waals surface area contributed by atoms with E-state index in [1.807, 2.05) is 5.32 Å². The standard InChI is InChI=1S/C19H14ClF3N4O3/c20-15-3-1-2-14(19(21,22)23)17(15)26-16(28)9-30-18(29)13-6-4-12(5-7-13)8-27-11-24-10-25-27/h1-7,10-11H,8-9H2,(H,26,28). The Labute approximate surface area is 173 Å². The van der Waals surface area contributed by atoms with Gasteiger partial charge < -0.3 is 10.1 Å². The van der Waals surface area contributed by atoms with Crippen LogP contribution >= 0.6 is 11.6 Å². The van der Waals surface area contributed by atoms with Crippen LogP contribution in [-0.4, -0.2) is 33.2 Å². The Morgan fingerprint density at radius 3 is 2.50 bits per heavy atom. The second kappa shape index (κ2) is 8.95. The van der Waals surface area contributed by atoms with Crippen molar-refractivity contribution in [3.63, 3.8) is 0 Å². The van der Waals surface area contributed by atoms with Crippen molar-refractivity contribution in [2.75, 3.05) is 11.9 Å². The number of rotatable bonds is 6. The zero-order valence-electron chi connectivity index (χ0n) is 15.2. The molecule has 0 unspecified atom stereocenters. The molecule has 0 aliphatic heterocycles. The van der Waals surface area contributed by atoms with Crippen LogP contribution < -0.4 is 5.32 Å². The molecule has 0 saturated heterocycles. The molecule has 0 saturated carbocycles. The number of hydrogen-bond donors (Lipinski definition) is 1. The number of aromatic nitrogens is 3. The van der Waals surface area contributed by atoms with Gasteiger partial charge in [0.1, 0.15) is 12.7 Å². The zero-order chi connectivity index (χ0) is 21.7. The predicted octanol–water partition coefficient (Wildman–Crippen LogP) is 3.79. The first kappa shape index (κ1) is 21.3. The Hall–Kier alpha value is -3.40. The lowest BCUT2D eigenvalue weighted by Crippen LogP contribution is -2.23. The molecule has 0 atom stereocenters. The lowest BCUT2D eigenvalue weighted by Gasteiger charge is -2.15. The van der Waals surface area contributed by atoms with E-state index in [2.05, 4.69) is 10.1 Å². The van der Waals surface area contributed by atoms with Gasteiger partial charge in [-0.2, -0.15) is 18.3 Å². The van der Waals surface area contributed by atoms with E-state index < -0.39 is 35.9 Å². The lowest BCUT2D eigenvalue weighted by atomic mass is 10.1. The van der Waals surface area contributed by atoms with E-state index in [9.17, 15) is 22.8 Å². The summed E-state index contributed by atoms with van der Waals surface area (Å²) in [6.07, 6.45) is -1.76. The number of ether oxygens (including phenoxy) is 1. The smallest absolute Gasteiger partial charge is 0.418 e. The third kappa shape index (κ3) is 5.35. The molecule has 156 valence electrons. The van der Waals surface area contributed by atoms with Crippen molar-refractivity contribution in [1.82, 2.24) is 14.8 Å². The molecule has 0 aliphatic carbocycles. The number of hydrogen-bond acceptors (Lipinski definition) is 5. The van der Waals surface area contributed by atoms with E-state index in [1.54, 1.807) is 23.1 Å². The largest absolute Gasteiger partial charge is 0.452 e. The normalized spacial score (nSPS) is 11.2. The summed E-state index contributed by atoms with van der Waals surface area (Å²) in [6, 6.07) is 9.47. The van der Waals surface area contributed by atoms with Crippen molar-refractivity contribution in [2.24, 2.45) is 0 Å². The number of carbonyl (C=O) groups is 2. The summed E-state index contributed by atoms with van der Waals surface area (Å²) in [5, 5.41) is 5.73. The molecule has 3 rings (SSSR count). The number of amides is 1. The van der Waals surface area contributed by atoms with Crippen molar-refractivity contribution >= 4 is 29.2 Å². The Balaban J connectivity index is 1.58. The van der Waals surface area contributed by atoms with E-state index in [0.29, 0.717) is 6.54 Å². The number of esters is 1. The van der Waals surface area contributed by atoms with Crippen molar-refractivity contribution < 1.29 is 27.5 Å². The van der Waals surface area contributed by atoms with Crippen LogP contribution in [-0.2, 0) is 22.3 Å². The molecule has 0 bridgehead atoms. The molecule has 0 radical (unpaired) electrons. The number of carbonyl (C=O) groups excluding carboxylic acids is 2. The van der Waals surface area contributed by atoms with Crippen LogP contribution in [0.3, 0.4) is 0 Å². The maximum absolute atomic E-state index is 13.1. The second-order valence-corrected chi connectivity index (χ2v) is 6.48. The minimum absolute atomic E-state index is 0.180. The van der Waals surface area contributed by atoms with E-state index in [4.69, 9.17) is 16.3 Å². The van der Waals surface area contributed by atoms with Crippen LogP contribution in [0.15, 0.2) is 55.1 Å². The van der Waals surface area contributed by atoms with Crippen LogP contribution in [0.5, 0.6) is 0 Å². The SMILES string of the molecule is O=C(COC(=O)c1ccc(Cn2cncn2)cc1)Nc1c(Cl)cccc1C(F)(F)F. The molecule has 0 spiro atoms. The monoisotopic (exact) mass is 438 g/mol. The number of alkyl halides is 3. The van der Waals surface area contributed by atoms with Crippen molar-refractivity contribution in [3.05, 3.63) is 76.8 Å². The summed E-state index contributed by atoms with van der Waals surface area (Å²) in [5.41, 5.74) is -0.658. The van der Waals surface area contributed by atoms with Gasteiger partial charge >= 0.3 is 12.1 Å². The van der Waals surface area contributed by atoms with Crippen molar-refractivity contribution in [3.8, 4) is 0 Å². The molecule has 1 heterocycles. The first-order valence-electron chi connectivity index (χ1n) is 8.48. The minimum Gasteiger partial charge on any atom is -0.452 e. The van der Waals surface area contributed by atoms with E-state index in [-0.39, 0.29) is 10.6 Å². The van der Waals surface area contributed by atoms with Crippen LogP contribution in [0.2, 0.25) is 5.02 Å². The fraction of sp³-hybridized carbons (Fsp3) is 0.158. The van der Waals surface area contributed by atoms with Crippen LogP contribution in [0.25, 0.3) is 0 Å². The summed E-state index contributed by atoms with van der Waals surface area (Å²) >= 11 is 5.77. The van der Waals surface area contributed by atoms with Gasteiger partial charge in [-0.25, -0.2) is 14.5 Å². The van der Waals surface area contributed by atoms with Gasteiger partial charge in [-0.3, -0.25) is 4.79 Å². The number of nitrogens with zero attached hydrogens (tertiary/aromatic N) is 3. The minimum atomic E-state index is -4.71. The highest BCUT2D eigenvalue weighted by Gasteiger charge is 2.34. The number of halogens is 4. The Kier molecular flexibility index (Phi) is 6.36. The molecule has 3 aromatic rings. The predicted molar refractivity (Wildman–Crippen MR) is 101 cm³/mol. The quantitative estimate of drug-likeness (QED) is 0.592. The van der Waals surface area contributed by atoms with Gasteiger partial charge in [0.2, 0.25) is 0 Å². The number of anilines is 1. The molecule has 1 aromatic heterocycles. The average Bonchev–Trinajstić information content (AvgIpc) is 3.20. The summed E-state index contributed by atoms with van der Waals surface area (Å²) < 4.78 is 45.7. The molecule has 30 heavy (non-hydrogen) atoms. The third-order valence-corrected chi connectivity index (χ3v) is 4.23. The maximum Gasteiger partial charge on any atom is 0.418 e. The molecular weight excluding hydrogens is 425 g/mol. The molecule has 11 heteroatoms. The number of nitrogens with one attached hydrogen (secondary N) is 1. The topological polar surface area (TPSA) is 86.1 Å². The summed E-state index contributed by atoms with van der Waals surface area (Å²) in [5.74, 6) is -1.75. The zero-order valence-corrected chi connectivity index (χ0v) is 15.9. The summed E-state index contributed by atoms with van der Waals surface area (Å²) in [4.78, 5) is 27.9. The highest BCUT2D eigenvalue weighted by molar-refractivity contribution is 6.34. The van der Waals surface area contributed by atoms with Gasteiger partial charge in [0, 0.05) is 0 Å². The molecule has 0 aliphatic rings. The highest BCUT2D eigenvalue weighted by Crippen LogP contribution is 2.38. The average molecular weight is 439 g/mol. The van der Waals surface area contributed by atoms with Gasteiger partial charge in [0.25, 0.3) is 5.91 Å². The Morgan fingerprint density at radius 1 is 1.13 bits per heavy atom. The fourth-order valence-electron chi connectivity index (χ4n) is 2.53. The van der Waals surface area contributed by atoms with Gasteiger partial charge in [0.15, 0.2) is 6.61 Å². The van der Waals surface area contributed by atoms with Gasteiger partial charge in [-0.05, 0) is 29.8 Å². The number of para-hydroxylation sites is 1. The van der Waals surface area contributed by atoms with Gasteiger partial charge in [-0.15, -0.1) is 0 Å². The van der Waals surface area contributed by atoms with Crippen LogP contribution in [0, 0.1) is 0 Å². The molecule has 7 nitrogen and oxygen atoms in total. The maximum atomic E-state index is 13.1. The Bertz CT molecular complexity index is 1040. The van der Waals surface area contributed by atoms with Crippen LogP contribution in [0.1, 0.15) is 21.5 Å². The third-order valence-electron chi connectivity index (χ3n) is 3.92. The second-order valence-electron chi connectivity index (χ2n) is 6.07. The molecule has 0 fully saturated rings. The van der Waals surface area contributed by atoms with Gasteiger partial charge in [0.05, 0.1) is 28.4 Å². The summed E-state index contributed by atoms with van der Waals surface area (Å²) in [6.45, 7) is -0.320. The molecule has 1 amide bonds. The fourth-order valence-corrected chi connectivity index (χ4v) is 2.75. The van der Waals surface area contributed by atoms with Crippen molar-refractivity contribution in [1.29, 1.82) is 0 Å². The van der Waals surface area contributed by atoms with E-state index in [0.717, 1.165) is 17.7 Å². The first-order valence-corrected chi connectivity index (χ1v) is 8.86. The first-order chi connectivity index (χ1) is 14.2. The Morgan fingerprint density at radius 2 is 1.87 bits per heavy atom. The van der Waals surface area contributed by atoms with Crippen LogP contribution in [0.4, 0.5) is 18.9 Å². The van der Waals surface area contributed by atoms with E-state index >= 15 is 0 Å². The van der Waals surface area contributed by atoms with Gasteiger partial charge in [-0.1, -0.05) is 29.8 Å². The number of benzene rings is 2. The molecule has 2 aromatic carbocycles. The van der Waals surface area contributed by atoms with E-state index in [1.165, 1.54) is 24.5 Å². The highest BCUT2D eigenvalue weighted by atomic mass is 35.5. The lowest BCUT2D eigenvalue weighted by molar-refractivity contribution is -0.137. The van der Waals surface area contributed by atoms with Crippen molar-refractivity contribution in [2.45, 2.75) is 12.7 Å². The molecule has 1 N–H and O–H groups in total. The molecular formula is C19H14ClF3N4O3.